The minimum atomic E-state index is -1.09. The van der Waals surface area contributed by atoms with Crippen molar-refractivity contribution in [3.63, 3.8) is 0 Å². The van der Waals surface area contributed by atoms with Gasteiger partial charge in [0.05, 0.1) is 0 Å². The monoisotopic (exact) mass is 376 g/mol. The Kier molecular flexibility index (Phi) is 5.35. The molecule has 0 unspecified atom stereocenters. The summed E-state index contributed by atoms with van der Waals surface area (Å²) in [5.41, 5.74) is -0.336. The number of halogens is 4. The summed E-state index contributed by atoms with van der Waals surface area (Å²) in [7, 11) is 0. The van der Waals surface area contributed by atoms with Crippen LogP contribution in [-0.2, 0) is 6.54 Å². The summed E-state index contributed by atoms with van der Waals surface area (Å²) in [5, 5.41) is 2.37. The van der Waals surface area contributed by atoms with Gasteiger partial charge in [-0.25, -0.2) is 22.5 Å². The van der Waals surface area contributed by atoms with E-state index in [0.717, 1.165) is 30.3 Å². The Labute approximate surface area is 151 Å². The molecule has 0 aliphatic heterocycles. The van der Waals surface area contributed by atoms with Gasteiger partial charge in [0.15, 0.2) is 11.6 Å². The summed E-state index contributed by atoms with van der Waals surface area (Å²) in [4.78, 5) is 16.0. The van der Waals surface area contributed by atoms with E-state index < -0.39 is 34.7 Å². The maximum absolute atomic E-state index is 13.7. The van der Waals surface area contributed by atoms with Gasteiger partial charge in [0.1, 0.15) is 22.9 Å². The molecular formula is C19H12F4N2O2. The van der Waals surface area contributed by atoms with Crippen LogP contribution in [0.15, 0.2) is 54.7 Å². The molecule has 0 spiro atoms. The number of hydrogen-bond donors (Lipinski definition) is 1. The van der Waals surface area contributed by atoms with E-state index in [1.54, 1.807) is 12.1 Å². The number of ether oxygens (including phenoxy) is 1. The molecule has 27 heavy (non-hydrogen) atoms. The number of aromatic nitrogens is 1. The first-order chi connectivity index (χ1) is 13.0. The van der Waals surface area contributed by atoms with Crippen molar-refractivity contribution < 1.29 is 27.1 Å². The fourth-order valence-corrected chi connectivity index (χ4v) is 2.28. The van der Waals surface area contributed by atoms with Crippen LogP contribution in [0.2, 0.25) is 0 Å². The highest BCUT2D eigenvalue weighted by atomic mass is 19.2. The first-order valence-electron chi connectivity index (χ1n) is 7.74. The summed E-state index contributed by atoms with van der Waals surface area (Å²) in [6, 6.07) is 9.17. The Bertz CT molecular complexity index is 975. The molecule has 0 aliphatic rings. The normalized spacial score (nSPS) is 10.5. The maximum atomic E-state index is 13.7. The minimum absolute atomic E-state index is 0.000301. The second-order valence-electron chi connectivity index (χ2n) is 5.42. The zero-order valence-electron chi connectivity index (χ0n) is 13.7. The van der Waals surface area contributed by atoms with Crippen LogP contribution in [0.5, 0.6) is 11.6 Å². The highest BCUT2D eigenvalue weighted by molar-refractivity contribution is 5.94. The average molecular weight is 376 g/mol. The van der Waals surface area contributed by atoms with Crippen molar-refractivity contribution in [3.8, 4) is 11.6 Å². The lowest BCUT2D eigenvalue weighted by Crippen LogP contribution is -2.25. The van der Waals surface area contributed by atoms with Gasteiger partial charge in [0.25, 0.3) is 5.91 Å². The molecular weight excluding hydrogens is 364 g/mol. The summed E-state index contributed by atoms with van der Waals surface area (Å²) in [5.74, 6) is -5.02. The van der Waals surface area contributed by atoms with Gasteiger partial charge in [0, 0.05) is 24.4 Å². The molecule has 1 aromatic heterocycles. The van der Waals surface area contributed by atoms with E-state index in [1.807, 2.05) is 0 Å². The fourth-order valence-electron chi connectivity index (χ4n) is 2.28. The molecule has 1 amide bonds. The number of carbonyl (C=O) groups is 1. The van der Waals surface area contributed by atoms with Crippen molar-refractivity contribution in [2.24, 2.45) is 0 Å². The van der Waals surface area contributed by atoms with Crippen molar-refractivity contribution in [3.05, 3.63) is 89.1 Å². The molecule has 0 fully saturated rings. The minimum Gasteiger partial charge on any atom is -0.439 e. The zero-order valence-corrected chi connectivity index (χ0v) is 13.7. The fraction of sp³-hybridized carbons (Fsp3) is 0.0526. The molecule has 0 atom stereocenters. The van der Waals surface area contributed by atoms with Crippen molar-refractivity contribution >= 4 is 5.91 Å². The molecule has 4 nitrogen and oxygen atoms in total. The van der Waals surface area contributed by atoms with E-state index in [2.05, 4.69) is 10.3 Å². The number of carbonyl (C=O) groups excluding carboxylic acids is 1. The number of nitrogens with one attached hydrogen (secondary N) is 1. The lowest BCUT2D eigenvalue weighted by Gasteiger charge is -2.11. The van der Waals surface area contributed by atoms with Crippen molar-refractivity contribution in [1.29, 1.82) is 0 Å². The van der Waals surface area contributed by atoms with Crippen molar-refractivity contribution in [2.45, 2.75) is 6.54 Å². The lowest BCUT2D eigenvalue weighted by atomic mass is 10.1. The van der Waals surface area contributed by atoms with Crippen LogP contribution in [0.1, 0.15) is 15.9 Å². The van der Waals surface area contributed by atoms with Gasteiger partial charge >= 0.3 is 0 Å². The Morgan fingerprint density at radius 2 is 1.67 bits per heavy atom. The van der Waals surface area contributed by atoms with Gasteiger partial charge in [-0.2, -0.15) is 0 Å². The van der Waals surface area contributed by atoms with Crippen LogP contribution in [0.4, 0.5) is 17.6 Å². The standard InChI is InChI=1S/C19H12F4N2O2/c20-13-7-6-12(9-16(13)23)27-19-11(3-2-8-24-19)10-25-18(26)17-14(21)4-1-5-15(17)22/h1-9H,10H2,(H,25,26). The number of hydrogen-bond acceptors (Lipinski definition) is 3. The van der Waals surface area contributed by atoms with Crippen molar-refractivity contribution in [2.75, 3.05) is 0 Å². The first-order valence-corrected chi connectivity index (χ1v) is 7.74. The molecule has 0 bridgehead atoms. The molecule has 3 aromatic rings. The van der Waals surface area contributed by atoms with E-state index in [9.17, 15) is 22.4 Å². The third-order valence-electron chi connectivity index (χ3n) is 3.58. The molecule has 1 heterocycles. The molecule has 1 N–H and O–H groups in total. The van der Waals surface area contributed by atoms with E-state index in [1.165, 1.54) is 12.3 Å². The van der Waals surface area contributed by atoms with Gasteiger partial charge in [-0.05, 0) is 30.3 Å². The predicted octanol–water partition coefficient (Wildman–Crippen LogP) is 4.36. The Morgan fingerprint density at radius 3 is 2.37 bits per heavy atom. The van der Waals surface area contributed by atoms with E-state index in [4.69, 9.17) is 4.74 Å². The predicted molar refractivity (Wildman–Crippen MR) is 88.2 cm³/mol. The molecule has 138 valence electrons. The van der Waals surface area contributed by atoms with Crippen molar-refractivity contribution in [1.82, 2.24) is 10.3 Å². The van der Waals surface area contributed by atoms with E-state index in [0.29, 0.717) is 5.56 Å². The van der Waals surface area contributed by atoms with Crippen LogP contribution in [-0.4, -0.2) is 10.9 Å². The van der Waals surface area contributed by atoms with Crippen LogP contribution in [0.3, 0.4) is 0 Å². The number of nitrogens with zero attached hydrogens (tertiary/aromatic N) is 1. The largest absolute Gasteiger partial charge is 0.439 e. The summed E-state index contributed by atoms with van der Waals surface area (Å²) >= 11 is 0. The average Bonchev–Trinajstić information content (AvgIpc) is 2.64. The van der Waals surface area contributed by atoms with Crippen LogP contribution < -0.4 is 10.1 Å². The van der Waals surface area contributed by atoms with Gasteiger partial charge in [-0.3, -0.25) is 4.79 Å². The lowest BCUT2D eigenvalue weighted by molar-refractivity contribution is 0.0942. The summed E-state index contributed by atoms with van der Waals surface area (Å²) in [6.45, 7) is -0.153. The smallest absolute Gasteiger partial charge is 0.257 e. The highest BCUT2D eigenvalue weighted by Crippen LogP contribution is 2.24. The Hall–Kier alpha value is -3.42. The second-order valence-corrected chi connectivity index (χ2v) is 5.42. The number of pyridine rings is 1. The Balaban J connectivity index is 1.76. The van der Waals surface area contributed by atoms with Crippen LogP contribution in [0, 0.1) is 23.3 Å². The topological polar surface area (TPSA) is 51.2 Å². The van der Waals surface area contributed by atoms with E-state index in [-0.39, 0.29) is 18.2 Å². The van der Waals surface area contributed by atoms with Crippen LogP contribution in [0.25, 0.3) is 0 Å². The maximum Gasteiger partial charge on any atom is 0.257 e. The third-order valence-corrected chi connectivity index (χ3v) is 3.58. The molecule has 2 aromatic carbocycles. The molecule has 0 radical (unpaired) electrons. The first kappa shape index (κ1) is 18.4. The molecule has 0 saturated carbocycles. The van der Waals surface area contributed by atoms with Gasteiger partial charge in [-0.15, -0.1) is 0 Å². The zero-order chi connectivity index (χ0) is 19.4. The molecule has 3 rings (SSSR count). The third kappa shape index (κ3) is 4.22. The second kappa shape index (κ2) is 7.86. The molecule has 0 aliphatic carbocycles. The SMILES string of the molecule is O=C(NCc1cccnc1Oc1ccc(F)c(F)c1)c1c(F)cccc1F. The van der Waals surface area contributed by atoms with Gasteiger partial charge < -0.3 is 10.1 Å². The van der Waals surface area contributed by atoms with Crippen LogP contribution >= 0.6 is 0 Å². The molecule has 8 heteroatoms. The van der Waals surface area contributed by atoms with Gasteiger partial charge in [0.2, 0.25) is 5.88 Å². The number of rotatable bonds is 5. The van der Waals surface area contributed by atoms with Gasteiger partial charge in [-0.1, -0.05) is 12.1 Å². The quantitative estimate of drug-likeness (QED) is 0.673. The number of benzene rings is 2. The summed E-state index contributed by atoms with van der Waals surface area (Å²) in [6.07, 6.45) is 1.40. The summed E-state index contributed by atoms with van der Waals surface area (Å²) < 4.78 is 59.0. The highest BCUT2D eigenvalue weighted by Gasteiger charge is 2.17. The molecule has 0 saturated heterocycles. The number of amides is 1. The van der Waals surface area contributed by atoms with E-state index >= 15 is 0 Å². The Morgan fingerprint density at radius 1 is 0.926 bits per heavy atom.